The fraction of sp³-hybridized carbons (Fsp3) is 0.103. The summed E-state index contributed by atoms with van der Waals surface area (Å²) in [6.45, 7) is 0.273. The number of nitrogens with one attached hydrogen (secondary N) is 1. The maximum atomic E-state index is 13.6. The van der Waals surface area contributed by atoms with Crippen LogP contribution in [0, 0.1) is 0 Å². The summed E-state index contributed by atoms with van der Waals surface area (Å²) < 4.78 is 22.9. The van der Waals surface area contributed by atoms with Crippen molar-refractivity contribution in [3.05, 3.63) is 113 Å². The van der Waals surface area contributed by atoms with Gasteiger partial charge >= 0.3 is 0 Å². The fourth-order valence-electron chi connectivity index (χ4n) is 4.36. The molecule has 0 amide bonds. The molecule has 0 bridgehead atoms. The average Bonchev–Trinajstić information content (AvgIpc) is 3.57. The number of nitrogens with zero attached hydrogens (tertiary/aromatic N) is 4. The van der Waals surface area contributed by atoms with E-state index in [1.165, 1.54) is 0 Å². The van der Waals surface area contributed by atoms with E-state index in [0.29, 0.717) is 22.0 Å². The van der Waals surface area contributed by atoms with Crippen molar-refractivity contribution in [2.45, 2.75) is 12.3 Å². The number of hydrogen-bond acceptors (Lipinski definition) is 6. The first-order valence-electron chi connectivity index (χ1n) is 12.0. The Morgan fingerprint density at radius 3 is 2.58 bits per heavy atom. The first kappa shape index (κ1) is 23.9. The minimum absolute atomic E-state index is 0.117. The molecule has 9 heteroatoms. The number of hydrogen-bond donors (Lipinski definition) is 1. The maximum absolute atomic E-state index is 13.6. The first-order chi connectivity index (χ1) is 18.5. The summed E-state index contributed by atoms with van der Waals surface area (Å²) in [7, 11) is 0.462. The predicted molar refractivity (Wildman–Crippen MR) is 148 cm³/mol. The van der Waals surface area contributed by atoms with Gasteiger partial charge in [-0.25, -0.2) is 8.93 Å². The summed E-state index contributed by atoms with van der Waals surface area (Å²) in [5.74, 6) is 0.832. The topological polar surface area (TPSA) is 103 Å². The van der Waals surface area contributed by atoms with Gasteiger partial charge in [-0.1, -0.05) is 53.7 Å². The Labute approximate surface area is 220 Å². The van der Waals surface area contributed by atoms with Crippen LogP contribution in [0.2, 0.25) is 0 Å². The normalized spacial score (nSPS) is 12.2. The Morgan fingerprint density at radius 2 is 1.76 bits per heavy atom. The summed E-state index contributed by atoms with van der Waals surface area (Å²) in [5.41, 5.74) is 4.69. The van der Waals surface area contributed by atoms with Gasteiger partial charge in [-0.2, -0.15) is 5.10 Å². The second-order valence-corrected chi connectivity index (χ2v) is 10.3. The third kappa shape index (κ3) is 4.89. The molecule has 8 nitrogen and oxygen atoms in total. The summed E-state index contributed by atoms with van der Waals surface area (Å²) >= 11 is 0. The standard InChI is InChI=1S/C29H23N5O3S/c1-34-17-23(15-31-34)22-12-26-27(30-14-22)10-9-20-8-7-19(11-25(20)29(26)35)18-38(36)32-16-24-13-28(33-37-24)21-5-3-2-4-6-21/h2-15,17,32H,16,18H2,1H3. The largest absolute Gasteiger partial charge is 0.359 e. The molecular weight excluding hydrogens is 498 g/mol. The third-order valence-electron chi connectivity index (χ3n) is 6.32. The molecule has 0 aliphatic heterocycles. The van der Waals surface area contributed by atoms with Crippen LogP contribution in [0.15, 0.2) is 101 Å². The van der Waals surface area contributed by atoms with Crippen LogP contribution in [0.25, 0.3) is 44.1 Å². The van der Waals surface area contributed by atoms with E-state index < -0.39 is 11.0 Å². The molecule has 1 atom stereocenters. The molecule has 0 aliphatic rings. The van der Waals surface area contributed by atoms with Crippen LogP contribution < -0.4 is 10.2 Å². The van der Waals surface area contributed by atoms with Gasteiger partial charge in [0.2, 0.25) is 0 Å². The van der Waals surface area contributed by atoms with Crippen LogP contribution in [-0.2, 0) is 30.3 Å². The van der Waals surface area contributed by atoms with Crippen molar-refractivity contribution >= 4 is 32.7 Å². The monoisotopic (exact) mass is 521 g/mol. The molecule has 3 aromatic carbocycles. The number of aromatic nitrogens is 4. The van der Waals surface area contributed by atoms with Gasteiger partial charge in [0.05, 0.1) is 35.0 Å². The molecule has 188 valence electrons. The highest BCUT2D eigenvalue weighted by molar-refractivity contribution is 7.82. The highest BCUT2D eigenvalue weighted by Gasteiger charge is 2.11. The zero-order valence-corrected chi connectivity index (χ0v) is 21.3. The molecule has 3 aromatic heterocycles. The van der Waals surface area contributed by atoms with Gasteiger partial charge in [-0.05, 0) is 29.1 Å². The number of pyridine rings is 1. The molecule has 0 fully saturated rings. The third-order valence-corrected chi connectivity index (χ3v) is 7.38. The van der Waals surface area contributed by atoms with E-state index in [2.05, 4.69) is 20.0 Å². The molecule has 0 saturated carbocycles. The lowest BCUT2D eigenvalue weighted by Gasteiger charge is -2.04. The van der Waals surface area contributed by atoms with Gasteiger partial charge in [0.1, 0.15) is 5.69 Å². The van der Waals surface area contributed by atoms with Crippen molar-refractivity contribution < 1.29 is 8.73 Å². The Bertz CT molecular complexity index is 1860. The molecule has 6 rings (SSSR count). The summed E-state index contributed by atoms with van der Waals surface area (Å²) in [4.78, 5) is 18.1. The van der Waals surface area contributed by atoms with E-state index in [0.717, 1.165) is 33.3 Å². The highest BCUT2D eigenvalue weighted by atomic mass is 32.2. The first-order valence-corrected chi connectivity index (χ1v) is 13.3. The van der Waals surface area contributed by atoms with E-state index in [1.807, 2.05) is 86.0 Å². The van der Waals surface area contributed by atoms with Gasteiger partial charge in [-0.3, -0.25) is 14.5 Å². The second-order valence-electron chi connectivity index (χ2n) is 9.00. The summed E-state index contributed by atoms with van der Waals surface area (Å²) in [5, 5.41) is 10.2. The van der Waals surface area contributed by atoms with Crippen LogP contribution in [-0.4, -0.2) is 24.1 Å². The van der Waals surface area contributed by atoms with E-state index in [-0.39, 0.29) is 17.7 Å². The van der Waals surface area contributed by atoms with Crippen molar-refractivity contribution in [2.24, 2.45) is 7.05 Å². The number of aryl methyl sites for hydroxylation is 1. The van der Waals surface area contributed by atoms with Crippen LogP contribution in [0.1, 0.15) is 11.3 Å². The van der Waals surface area contributed by atoms with Crippen molar-refractivity contribution in [3.63, 3.8) is 0 Å². The van der Waals surface area contributed by atoms with E-state index >= 15 is 0 Å². The Kier molecular flexibility index (Phi) is 6.36. The molecule has 3 heterocycles. The van der Waals surface area contributed by atoms with Crippen molar-refractivity contribution in [3.8, 4) is 22.4 Å². The lowest BCUT2D eigenvalue weighted by molar-refractivity contribution is 0.383. The van der Waals surface area contributed by atoms with E-state index in [1.54, 1.807) is 17.1 Å². The lowest BCUT2D eigenvalue weighted by atomic mass is 10.1. The van der Waals surface area contributed by atoms with Gasteiger partial charge in [0.25, 0.3) is 0 Å². The minimum Gasteiger partial charge on any atom is -0.359 e. The van der Waals surface area contributed by atoms with Gasteiger partial charge in [-0.15, -0.1) is 0 Å². The second kappa shape index (κ2) is 10.1. The Hall–Kier alpha value is -4.47. The van der Waals surface area contributed by atoms with Gasteiger partial charge in [0.15, 0.2) is 11.2 Å². The van der Waals surface area contributed by atoms with Crippen LogP contribution in [0.4, 0.5) is 0 Å². The minimum atomic E-state index is -1.38. The molecule has 6 aromatic rings. The number of fused-ring (bicyclic) bond motifs is 2. The molecule has 1 N–H and O–H groups in total. The van der Waals surface area contributed by atoms with Crippen LogP contribution in [0.5, 0.6) is 0 Å². The Morgan fingerprint density at radius 1 is 0.921 bits per heavy atom. The average molecular weight is 522 g/mol. The van der Waals surface area contributed by atoms with Gasteiger partial charge in [0, 0.05) is 53.0 Å². The van der Waals surface area contributed by atoms with Crippen molar-refractivity contribution in [2.75, 3.05) is 0 Å². The van der Waals surface area contributed by atoms with Crippen LogP contribution >= 0.6 is 0 Å². The molecule has 0 saturated heterocycles. The van der Waals surface area contributed by atoms with Crippen LogP contribution in [0.3, 0.4) is 0 Å². The highest BCUT2D eigenvalue weighted by Crippen LogP contribution is 2.23. The quantitative estimate of drug-likeness (QED) is 0.325. The molecule has 38 heavy (non-hydrogen) atoms. The molecule has 0 radical (unpaired) electrons. The molecule has 0 aliphatic carbocycles. The van der Waals surface area contributed by atoms with E-state index in [9.17, 15) is 9.00 Å². The molecular formula is C29H23N5O3S. The zero-order valence-electron chi connectivity index (χ0n) is 20.5. The lowest BCUT2D eigenvalue weighted by Crippen LogP contribution is -2.18. The molecule has 1 unspecified atom stereocenters. The van der Waals surface area contributed by atoms with Crippen molar-refractivity contribution in [1.29, 1.82) is 0 Å². The smallest absolute Gasteiger partial charge is 0.195 e. The Balaban J connectivity index is 1.23. The summed E-state index contributed by atoms with van der Waals surface area (Å²) in [6, 6.07) is 22.7. The van der Waals surface area contributed by atoms with Gasteiger partial charge < -0.3 is 4.52 Å². The molecule has 0 spiro atoms. The fourth-order valence-corrected chi connectivity index (χ4v) is 5.25. The van der Waals surface area contributed by atoms with Crippen molar-refractivity contribution in [1.82, 2.24) is 24.6 Å². The number of benzene rings is 2. The van der Waals surface area contributed by atoms with E-state index in [4.69, 9.17) is 4.52 Å². The summed E-state index contributed by atoms with van der Waals surface area (Å²) in [6.07, 6.45) is 5.38. The number of rotatable bonds is 7. The maximum Gasteiger partial charge on any atom is 0.195 e. The SMILES string of the molecule is Cn1cc(-c2cnc3ccc4ccc(CS(=O)NCc5cc(-c6ccccc6)no5)cc4c(=O)c3c2)cn1. The zero-order chi connectivity index (χ0) is 26.1. The predicted octanol–water partition coefficient (Wildman–Crippen LogP) is 4.76.